The topological polar surface area (TPSA) is 263 Å². The third kappa shape index (κ3) is 6.93. The van der Waals surface area contributed by atoms with Gasteiger partial charge in [-0.25, -0.2) is 18.5 Å². The second kappa shape index (κ2) is 10.4. The Kier molecular flexibility index (Phi) is 8.89. The molecule has 0 radical (unpaired) electrons. The van der Waals surface area contributed by atoms with Gasteiger partial charge in [-0.15, -0.1) is 5.92 Å². The predicted octanol–water partition coefficient (Wildman–Crippen LogP) is -0.541. The molecule has 0 aliphatic carbocycles. The molecule has 1 aliphatic rings. The van der Waals surface area contributed by atoms with Crippen LogP contribution in [-0.2, 0) is 31.6 Å². The van der Waals surface area contributed by atoms with E-state index in [4.69, 9.17) is 36.4 Å². The quantitative estimate of drug-likeness (QED) is 0.124. The van der Waals surface area contributed by atoms with Crippen LogP contribution in [0.2, 0.25) is 0 Å². The molecule has 2 rings (SSSR count). The van der Waals surface area contributed by atoms with E-state index in [1.54, 1.807) is 0 Å². The lowest BCUT2D eigenvalue weighted by molar-refractivity contribution is -0.0709. The summed E-state index contributed by atoms with van der Waals surface area (Å²) in [6.07, 6.45) is -3.49. The smallest absolute Gasteiger partial charge is 0.396 e. The number of alkyl halides is 1. The number of nitrogens with two attached hydrogens (primary N) is 1. The Morgan fingerprint density at radius 2 is 1.91 bits per heavy atom. The molecule has 1 fully saturated rings. The molecule has 7 N–H and O–H groups in total. The van der Waals surface area contributed by atoms with Gasteiger partial charge in [0.05, 0.1) is 25.0 Å². The molecule has 1 saturated heterocycles. The maximum absolute atomic E-state index is 12.3. The van der Waals surface area contributed by atoms with Crippen LogP contribution in [0.5, 0.6) is 0 Å². The first kappa shape index (κ1) is 29.0. The minimum Gasteiger partial charge on any atom is -0.396 e. The average molecular weight is 569 g/mol. The zero-order chi connectivity index (χ0) is 26.1. The molecule has 192 valence electrons. The average Bonchev–Trinajstić information content (AvgIpc) is 2.90. The maximum Gasteiger partial charge on any atom is 0.490 e. The number of phosphoric ester groups is 1. The summed E-state index contributed by atoms with van der Waals surface area (Å²) in [4.78, 5) is 50.2. The van der Waals surface area contributed by atoms with E-state index in [2.05, 4.69) is 30.5 Å². The Balaban J connectivity index is 2.37. The fourth-order valence-electron chi connectivity index (χ4n) is 3.11. The highest BCUT2D eigenvalue weighted by Crippen LogP contribution is 2.67. The lowest BCUT2D eigenvalue weighted by atomic mass is 9.87. The van der Waals surface area contributed by atoms with Crippen LogP contribution in [0.4, 0.5) is 5.82 Å². The lowest BCUT2D eigenvalue weighted by Crippen LogP contribution is -2.43. The number of anilines is 1. The van der Waals surface area contributed by atoms with E-state index < -0.39 is 65.0 Å². The number of aliphatic hydroxyl groups excluding tert-OH is 1. The third-order valence-electron chi connectivity index (χ3n) is 4.23. The molecule has 7 atom stereocenters. The van der Waals surface area contributed by atoms with Crippen molar-refractivity contribution in [3.05, 3.63) is 16.7 Å². The summed E-state index contributed by atoms with van der Waals surface area (Å²) in [7, 11) is -16.9. The fraction of sp³-hybridized carbons (Fsp3) is 0.615. The molecular formula is C13H20ClN4O13P3. The molecule has 34 heavy (non-hydrogen) atoms. The molecule has 0 bridgehead atoms. The Hall–Kier alpha value is -1.21. The molecule has 0 saturated carbocycles. The first-order valence-corrected chi connectivity index (χ1v) is 13.8. The molecule has 4 unspecified atom stereocenters. The van der Waals surface area contributed by atoms with Crippen molar-refractivity contribution in [3.8, 4) is 11.8 Å². The normalized spacial score (nSPS) is 29.5. The van der Waals surface area contributed by atoms with Crippen LogP contribution in [0.15, 0.2) is 11.0 Å². The SMILES string of the molecule is CC#CC1(Cl)C(CO)[C@@H]([C@H](C)OP(=O)(O)OP(=O)(O)OP(=O)(O)O)O[C@H]1n1ncc(N)nc1=O. The minimum atomic E-state index is -5.77. The maximum atomic E-state index is 12.3. The number of rotatable bonds is 9. The second-order valence-electron chi connectivity index (χ2n) is 6.70. The van der Waals surface area contributed by atoms with Gasteiger partial charge in [-0.2, -0.15) is 23.4 Å². The van der Waals surface area contributed by atoms with Crippen molar-refractivity contribution >= 4 is 40.9 Å². The van der Waals surface area contributed by atoms with Crippen LogP contribution in [0.3, 0.4) is 0 Å². The fourth-order valence-corrected chi connectivity index (χ4v) is 6.74. The minimum absolute atomic E-state index is 0.211. The first-order valence-electron chi connectivity index (χ1n) is 8.87. The number of nitrogen functional groups attached to an aromatic ring is 1. The van der Waals surface area contributed by atoms with Gasteiger partial charge in [0.25, 0.3) is 0 Å². The van der Waals surface area contributed by atoms with Gasteiger partial charge in [-0.05, 0) is 13.8 Å². The first-order chi connectivity index (χ1) is 15.4. The molecule has 21 heteroatoms. The summed E-state index contributed by atoms with van der Waals surface area (Å²) in [6.45, 7) is 1.76. The van der Waals surface area contributed by atoms with Gasteiger partial charge in [0, 0.05) is 5.92 Å². The van der Waals surface area contributed by atoms with E-state index in [-0.39, 0.29) is 5.82 Å². The third-order valence-corrected chi connectivity index (χ3v) is 8.72. The van der Waals surface area contributed by atoms with E-state index in [0.29, 0.717) is 4.68 Å². The largest absolute Gasteiger partial charge is 0.490 e. The summed E-state index contributed by atoms with van der Waals surface area (Å²) in [5.74, 6) is 3.68. The van der Waals surface area contributed by atoms with Gasteiger partial charge in [-0.1, -0.05) is 17.5 Å². The number of ether oxygens (including phenoxy) is 1. The van der Waals surface area contributed by atoms with Crippen molar-refractivity contribution < 1.29 is 56.3 Å². The van der Waals surface area contributed by atoms with Gasteiger partial charge < -0.3 is 35.2 Å². The van der Waals surface area contributed by atoms with Gasteiger partial charge >= 0.3 is 29.2 Å². The standard InChI is InChI=1S/C13H20ClN4O13P3/c1-3-4-13(14)8(6-19)10(28-11(13)18-12(20)17-9(15)5-16-18)7(2)29-33(24,25)31-34(26,27)30-32(21,22)23/h5,7-8,10-11,19H,6H2,1-2H3,(H,24,25)(H,26,27)(H2,15,17,20)(H2,21,22,23)/t7-,8?,10+,11+,13?/m0/s1. The highest BCUT2D eigenvalue weighted by atomic mass is 35.5. The molecule has 0 amide bonds. The molecule has 1 aliphatic heterocycles. The number of nitrogens with zero attached hydrogens (tertiary/aromatic N) is 3. The zero-order valence-corrected chi connectivity index (χ0v) is 20.7. The number of phosphoric acid groups is 3. The Bertz CT molecular complexity index is 1180. The van der Waals surface area contributed by atoms with Crippen LogP contribution in [0, 0.1) is 17.8 Å². The van der Waals surface area contributed by atoms with E-state index in [0.717, 1.165) is 13.1 Å². The van der Waals surface area contributed by atoms with Crippen molar-refractivity contribution in [1.29, 1.82) is 0 Å². The van der Waals surface area contributed by atoms with E-state index in [9.17, 15) is 33.4 Å². The van der Waals surface area contributed by atoms with Crippen LogP contribution in [-0.4, -0.2) is 63.1 Å². The zero-order valence-electron chi connectivity index (χ0n) is 17.2. The van der Waals surface area contributed by atoms with Crippen LogP contribution < -0.4 is 11.4 Å². The Labute approximate surface area is 196 Å². The highest BCUT2D eigenvalue weighted by Gasteiger charge is 2.59. The number of hydrogen-bond donors (Lipinski definition) is 6. The van der Waals surface area contributed by atoms with Crippen molar-refractivity contribution in [2.75, 3.05) is 12.3 Å². The molecule has 0 spiro atoms. The van der Waals surface area contributed by atoms with Crippen LogP contribution in [0.1, 0.15) is 20.1 Å². The lowest BCUT2D eigenvalue weighted by Gasteiger charge is -2.28. The highest BCUT2D eigenvalue weighted by molar-refractivity contribution is 7.66. The van der Waals surface area contributed by atoms with E-state index >= 15 is 0 Å². The Morgan fingerprint density at radius 1 is 1.29 bits per heavy atom. The summed E-state index contributed by atoms with van der Waals surface area (Å²) in [6, 6.07) is 0. The van der Waals surface area contributed by atoms with Gasteiger partial charge in [0.15, 0.2) is 11.1 Å². The van der Waals surface area contributed by atoms with Crippen molar-refractivity contribution in [3.63, 3.8) is 0 Å². The number of aliphatic hydroxyl groups is 1. The summed E-state index contributed by atoms with van der Waals surface area (Å²) < 4.78 is 52.9. The number of aromatic nitrogens is 3. The number of hydrogen-bond acceptors (Lipinski definition) is 12. The summed E-state index contributed by atoms with van der Waals surface area (Å²) in [5.41, 5.74) is 4.42. The second-order valence-corrected chi connectivity index (χ2v) is 11.7. The molecule has 17 nitrogen and oxygen atoms in total. The molecular weight excluding hydrogens is 549 g/mol. The van der Waals surface area contributed by atoms with Crippen molar-refractivity contribution in [1.82, 2.24) is 14.8 Å². The predicted molar refractivity (Wildman–Crippen MR) is 112 cm³/mol. The molecule has 0 aromatic carbocycles. The van der Waals surface area contributed by atoms with Crippen LogP contribution >= 0.6 is 35.1 Å². The van der Waals surface area contributed by atoms with Gasteiger partial charge in [-0.3, -0.25) is 4.52 Å². The van der Waals surface area contributed by atoms with Crippen LogP contribution in [0.25, 0.3) is 0 Å². The monoisotopic (exact) mass is 568 g/mol. The number of halogens is 1. The summed E-state index contributed by atoms with van der Waals surface area (Å²) >= 11 is 6.61. The summed E-state index contributed by atoms with van der Waals surface area (Å²) in [5, 5.41) is 13.7. The molecule has 1 aromatic heterocycles. The van der Waals surface area contributed by atoms with Gasteiger partial charge in [0.2, 0.25) is 0 Å². The molecule has 2 heterocycles. The van der Waals surface area contributed by atoms with Gasteiger partial charge in [0.1, 0.15) is 5.82 Å². The van der Waals surface area contributed by atoms with Crippen molar-refractivity contribution in [2.45, 2.75) is 37.2 Å². The Morgan fingerprint density at radius 3 is 2.41 bits per heavy atom. The van der Waals surface area contributed by atoms with E-state index in [1.165, 1.54) is 6.92 Å². The van der Waals surface area contributed by atoms with E-state index in [1.807, 2.05) is 0 Å². The molecule has 1 aromatic rings. The van der Waals surface area contributed by atoms with Crippen molar-refractivity contribution in [2.24, 2.45) is 5.92 Å².